The summed E-state index contributed by atoms with van der Waals surface area (Å²) >= 11 is 6.11. The van der Waals surface area contributed by atoms with E-state index in [-0.39, 0.29) is 11.8 Å². The number of rotatable bonds is 5. The number of fused-ring (bicyclic) bond motifs is 1. The molecule has 0 spiro atoms. The molecule has 0 atom stereocenters. The quantitative estimate of drug-likeness (QED) is 0.656. The standard InChI is InChI=1S/C22H25ClN4O2/c1-13-19(12-17-16-11-15(23)5-6-18(16)26-21(17)28)25-14(2)20(13)22(29)24-7-10-27-8-3-4-9-27/h5-6,11-12,25H,3-4,7-10H2,1-2H3,(H,24,29)(H,26,28)/b17-12-. The summed E-state index contributed by atoms with van der Waals surface area (Å²) in [5, 5.41) is 6.45. The van der Waals surface area contributed by atoms with Crippen LogP contribution in [0.4, 0.5) is 5.69 Å². The highest BCUT2D eigenvalue weighted by Crippen LogP contribution is 2.35. The molecule has 0 bridgehead atoms. The van der Waals surface area contributed by atoms with Gasteiger partial charge in [-0.1, -0.05) is 11.6 Å². The van der Waals surface area contributed by atoms with Crippen LogP contribution >= 0.6 is 11.6 Å². The van der Waals surface area contributed by atoms with Crippen LogP contribution in [0.15, 0.2) is 18.2 Å². The van der Waals surface area contributed by atoms with Crippen LogP contribution in [0, 0.1) is 13.8 Å². The monoisotopic (exact) mass is 412 g/mol. The summed E-state index contributed by atoms with van der Waals surface area (Å²) in [6.45, 7) is 7.52. The first-order valence-corrected chi connectivity index (χ1v) is 10.3. The number of anilines is 1. The molecule has 3 heterocycles. The highest BCUT2D eigenvalue weighted by atomic mass is 35.5. The Morgan fingerprint density at radius 2 is 2.03 bits per heavy atom. The fourth-order valence-corrected chi connectivity index (χ4v) is 4.30. The minimum absolute atomic E-state index is 0.0839. The van der Waals surface area contributed by atoms with E-state index in [4.69, 9.17) is 11.6 Å². The van der Waals surface area contributed by atoms with Gasteiger partial charge in [0.15, 0.2) is 0 Å². The van der Waals surface area contributed by atoms with Crippen LogP contribution in [0.2, 0.25) is 5.02 Å². The number of likely N-dealkylation sites (tertiary alicyclic amines) is 1. The lowest BCUT2D eigenvalue weighted by atomic mass is 10.0. The van der Waals surface area contributed by atoms with Gasteiger partial charge in [0.25, 0.3) is 11.8 Å². The zero-order valence-corrected chi connectivity index (χ0v) is 17.4. The third-order valence-electron chi connectivity index (χ3n) is 5.67. The summed E-state index contributed by atoms with van der Waals surface area (Å²) in [5.74, 6) is -0.259. The van der Waals surface area contributed by atoms with Gasteiger partial charge in [-0.05, 0) is 69.6 Å². The molecule has 2 amide bonds. The zero-order valence-electron chi connectivity index (χ0n) is 16.7. The molecule has 6 nitrogen and oxygen atoms in total. The molecule has 0 unspecified atom stereocenters. The first kappa shape index (κ1) is 19.7. The minimum atomic E-state index is -0.175. The van der Waals surface area contributed by atoms with Gasteiger partial charge in [0, 0.05) is 40.8 Å². The van der Waals surface area contributed by atoms with E-state index < -0.39 is 0 Å². The van der Waals surface area contributed by atoms with Crippen molar-refractivity contribution >= 4 is 40.8 Å². The van der Waals surface area contributed by atoms with E-state index in [0.717, 1.165) is 47.8 Å². The highest BCUT2D eigenvalue weighted by molar-refractivity contribution is 6.36. The number of carbonyl (C=O) groups excluding carboxylic acids is 2. The Hall–Kier alpha value is -2.57. The first-order valence-electron chi connectivity index (χ1n) is 9.96. The number of carbonyl (C=O) groups is 2. The summed E-state index contributed by atoms with van der Waals surface area (Å²) in [7, 11) is 0. The number of aromatic amines is 1. The van der Waals surface area contributed by atoms with Crippen LogP contribution in [0.25, 0.3) is 11.6 Å². The smallest absolute Gasteiger partial charge is 0.256 e. The minimum Gasteiger partial charge on any atom is -0.358 e. The van der Waals surface area contributed by atoms with Crippen molar-refractivity contribution in [2.45, 2.75) is 26.7 Å². The van der Waals surface area contributed by atoms with E-state index in [9.17, 15) is 9.59 Å². The molecule has 1 aromatic heterocycles. The van der Waals surface area contributed by atoms with Crippen LogP contribution in [0.1, 0.15) is 45.7 Å². The van der Waals surface area contributed by atoms with Crippen LogP contribution in [0.5, 0.6) is 0 Å². The summed E-state index contributed by atoms with van der Waals surface area (Å²) < 4.78 is 0. The van der Waals surface area contributed by atoms with Crippen molar-refractivity contribution in [3.63, 3.8) is 0 Å². The summed E-state index contributed by atoms with van der Waals surface area (Å²) in [6.07, 6.45) is 4.27. The predicted octanol–water partition coefficient (Wildman–Crippen LogP) is 3.60. The van der Waals surface area contributed by atoms with Crippen molar-refractivity contribution in [2.75, 3.05) is 31.5 Å². The number of benzene rings is 1. The fraction of sp³-hybridized carbons (Fsp3) is 0.364. The Kier molecular flexibility index (Phi) is 5.48. The summed E-state index contributed by atoms with van der Waals surface area (Å²) in [4.78, 5) is 30.8. The van der Waals surface area contributed by atoms with Crippen LogP contribution < -0.4 is 10.6 Å². The lowest BCUT2D eigenvalue weighted by molar-refractivity contribution is -0.110. The van der Waals surface area contributed by atoms with Crippen molar-refractivity contribution < 1.29 is 9.59 Å². The normalized spacial score (nSPS) is 17.6. The second-order valence-electron chi connectivity index (χ2n) is 7.67. The van der Waals surface area contributed by atoms with Crippen LogP contribution in [0.3, 0.4) is 0 Å². The number of H-pyrrole nitrogens is 1. The van der Waals surface area contributed by atoms with E-state index in [0.29, 0.717) is 22.7 Å². The molecule has 7 heteroatoms. The maximum absolute atomic E-state index is 12.8. The van der Waals surface area contributed by atoms with Gasteiger partial charge in [-0.2, -0.15) is 0 Å². The van der Waals surface area contributed by atoms with Gasteiger partial charge in [-0.3, -0.25) is 9.59 Å². The second-order valence-corrected chi connectivity index (χ2v) is 8.11. The van der Waals surface area contributed by atoms with Crippen molar-refractivity contribution in [3.05, 3.63) is 51.3 Å². The van der Waals surface area contributed by atoms with Gasteiger partial charge < -0.3 is 20.5 Å². The average molecular weight is 413 g/mol. The topological polar surface area (TPSA) is 77.2 Å². The largest absolute Gasteiger partial charge is 0.358 e. The third-order valence-corrected chi connectivity index (χ3v) is 5.90. The number of halogens is 1. The molecule has 0 radical (unpaired) electrons. The Balaban J connectivity index is 1.54. The van der Waals surface area contributed by atoms with E-state index in [1.54, 1.807) is 24.3 Å². The van der Waals surface area contributed by atoms with Gasteiger partial charge in [0.05, 0.1) is 11.1 Å². The highest BCUT2D eigenvalue weighted by Gasteiger charge is 2.26. The molecule has 29 heavy (non-hydrogen) atoms. The molecule has 1 saturated heterocycles. The Morgan fingerprint density at radius 1 is 1.28 bits per heavy atom. The summed E-state index contributed by atoms with van der Waals surface area (Å²) in [5.41, 5.74) is 5.06. The molecule has 2 aromatic rings. The van der Waals surface area contributed by atoms with Crippen molar-refractivity contribution in [1.82, 2.24) is 15.2 Å². The molecule has 152 valence electrons. The maximum atomic E-state index is 12.8. The van der Waals surface area contributed by atoms with Crippen LogP contribution in [-0.2, 0) is 4.79 Å². The van der Waals surface area contributed by atoms with Crippen molar-refractivity contribution in [2.24, 2.45) is 0 Å². The Labute approximate surface area is 175 Å². The first-order chi connectivity index (χ1) is 13.9. The third kappa shape index (κ3) is 3.95. The molecule has 0 aliphatic carbocycles. The van der Waals surface area contributed by atoms with Gasteiger partial charge in [-0.15, -0.1) is 0 Å². The summed E-state index contributed by atoms with van der Waals surface area (Å²) in [6, 6.07) is 5.32. The average Bonchev–Trinajstić information content (AvgIpc) is 3.36. The maximum Gasteiger partial charge on any atom is 0.256 e. The number of aromatic nitrogens is 1. The van der Waals surface area contributed by atoms with Gasteiger partial charge >= 0.3 is 0 Å². The van der Waals surface area contributed by atoms with E-state index >= 15 is 0 Å². The fourth-order valence-electron chi connectivity index (χ4n) is 4.13. The number of hydrogen-bond donors (Lipinski definition) is 3. The molecule has 0 saturated carbocycles. The molecule has 1 fully saturated rings. The molecule has 2 aliphatic rings. The van der Waals surface area contributed by atoms with Crippen molar-refractivity contribution in [3.8, 4) is 0 Å². The van der Waals surface area contributed by atoms with Gasteiger partial charge in [0.1, 0.15) is 0 Å². The van der Waals surface area contributed by atoms with Crippen molar-refractivity contribution in [1.29, 1.82) is 0 Å². The molecule has 4 rings (SSSR count). The lowest BCUT2D eigenvalue weighted by Gasteiger charge is -2.14. The number of nitrogens with zero attached hydrogens (tertiary/aromatic N) is 1. The Bertz CT molecular complexity index is 1000. The van der Waals surface area contributed by atoms with E-state index in [1.165, 1.54) is 12.8 Å². The van der Waals surface area contributed by atoms with Gasteiger partial charge in [0.2, 0.25) is 0 Å². The number of amides is 2. The number of aryl methyl sites for hydroxylation is 1. The molecule has 3 N–H and O–H groups in total. The van der Waals surface area contributed by atoms with Gasteiger partial charge in [-0.25, -0.2) is 0 Å². The number of nitrogens with one attached hydrogen (secondary N) is 3. The molecule has 2 aliphatic heterocycles. The number of hydrogen-bond acceptors (Lipinski definition) is 3. The molecular weight excluding hydrogens is 388 g/mol. The Morgan fingerprint density at radius 3 is 2.79 bits per heavy atom. The molecule has 1 aromatic carbocycles. The second kappa shape index (κ2) is 8.05. The zero-order chi connectivity index (χ0) is 20.5. The van der Waals surface area contributed by atoms with Crippen LogP contribution in [-0.4, -0.2) is 47.9 Å². The molecular formula is C22H25ClN4O2. The lowest BCUT2D eigenvalue weighted by Crippen LogP contribution is -2.33. The van der Waals surface area contributed by atoms with E-state index in [2.05, 4.69) is 20.5 Å². The van der Waals surface area contributed by atoms with E-state index in [1.807, 2.05) is 13.8 Å². The predicted molar refractivity (Wildman–Crippen MR) is 116 cm³/mol. The SMILES string of the molecule is Cc1[nH]c(/C=C2\C(=O)Nc3ccc(Cl)cc32)c(C)c1C(=O)NCCN1CCCC1.